The molecule has 208 valence electrons. The van der Waals surface area contributed by atoms with E-state index in [2.05, 4.69) is 25.6 Å². The van der Waals surface area contributed by atoms with Crippen LogP contribution in [0.4, 0.5) is 18.0 Å². The molecule has 0 spiro atoms. The summed E-state index contributed by atoms with van der Waals surface area (Å²) >= 11 is 1.18. The summed E-state index contributed by atoms with van der Waals surface area (Å²) in [7, 11) is 0. The molecule has 0 saturated carbocycles. The number of unbranched alkanes of at least 4 members (excludes halogenated alkanes) is 1. The SMILES string of the molecule is CCCCn1nc(C(C)(C)C)s/c1=N\C(=O)c1cc(C(F)(F)F)ccc1OC(=O)N/N=C/c1cccc(C)n1. The number of rotatable bonds is 7. The summed E-state index contributed by atoms with van der Waals surface area (Å²) in [6.45, 7) is 10.1. The van der Waals surface area contributed by atoms with E-state index in [-0.39, 0.29) is 10.2 Å². The maximum Gasteiger partial charge on any atom is 0.433 e. The van der Waals surface area contributed by atoms with Gasteiger partial charge < -0.3 is 4.74 Å². The zero-order valence-electron chi connectivity index (χ0n) is 22.2. The molecule has 3 rings (SSSR count). The van der Waals surface area contributed by atoms with Gasteiger partial charge in [0.2, 0.25) is 4.80 Å². The number of aromatic nitrogens is 3. The van der Waals surface area contributed by atoms with E-state index in [1.165, 1.54) is 17.6 Å². The van der Waals surface area contributed by atoms with Crippen LogP contribution in [0.25, 0.3) is 0 Å². The van der Waals surface area contributed by atoms with E-state index in [9.17, 15) is 22.8 Å². The molecule has 13 heteroatoms. The van der Waals surface area contributed by atoms with Crippen LogP contribution in [-0.2, 0) is 18.1 Å². The highest BCUT2D eigenvalue weighted by Gasteiger charge is 2.32. The van der Waals surface area contributed by atoms with Gasteiger partial charge >= 0.3 is 12.3 Å². The standard InChI is InChI=1S/C26H29F3N6O3S/c1-6-7-13-35-23(39-22(34-35)25(3,4)5)32-21(36)19-14-17(26(27,28)29)11-12-20(19)38-24(37)33-30-15-18-10-8-9-16(2)31-18/h8-12,14-15H,6-7,13H2,1-5H3,(H,33,37)/b30-15+,32-23-. The van der Waals surface area contributed by atoms with Crippen molar-refractivity contribution in [2.75, 3.05) is 0 Å². The van der Waals surface area contributed by atoms with Crippen molar-refractivity contribution in [3.8, 4) is 5.75 Å². The molecule has 2 aromatic heterocycles. The minimum Gasteiger partial charge on any atom is -0.408 e. The van der Waals surface area contributed by atoms with Crippen LogP contribution in [0.3, 0.4) is 0 Å². The number of carbonyl (C=O) groups is 2. The highest BCUT2D eigenvalue weighted by atomic mass is 32.1. The van der Waals surface area contributed by atoms with Crippen LogP contribution in [0.5, 0.6) is 5.75 Å². The number of amides is 2. The molecule has 0 aliphatic carbocycles. The Kier molecular flexibility index (Phi) is 9.38. The molecule has 9 nitrogen and oxygen atoms in total. The Hall–Kier alpha value is -3.87. The van der Waals surface area contributed by atoms with Crippen molar-refractivity contribution in [3.05, 3.63) is 68.7 Å². The molecule has 0 aliphatic rings. The average molecular weight is 563 g/mol. The van der Waals surface area contributed by atoms with E-state index in [0.29, 0.717) is 29.4 Å². The lowest BCUT2D eigenvalue weighted by atomic mass is 9.98. The second-order valence-corrected chi connectivity index (χ2v) is 10.6. The van der Waals surface area contributed by atoms with Crippen LogP contribution < -0.4 is 15.0 Å². The molecule has 3 aromatic rings. The summed E-state index contributed by atoms with van der Waals surface area (Å²) in [4.78, 5) is 34.0. The smallest absolute Gasteiger partial charge is 0.408 e. The van der Waals surface area contributed by atoms with Crippen LogP contribution in [0, 0.1) is 6.92 Å². The molecule has 2 amide bonds. The maximum atomic E-state index is 13.4. The number of aryl methyl sites for hydroxylation is 2. The highest BCUT2D eigenvalue weighted by molar-refractivity contribution is 7.09. The van der Waals surface area contributed by atoms with Gasteiger partial charge in [-0.2, -0.15) is 28.4 Å². The summed E-state index contributed by atoms with van der Waals surface area (Å²) in [5.41, 5.74) is 1.37. The van der Waals surface area contributed by atoms with E-state index in [0.717, 1.165) is 24.6 Å². The van der Waals surface area contributed by atoms with Gasteiger partial charge in [-0.25, -0.2) is 14.9 Å². The lowest BCUT2D eigenvalue weighted by Gasteiger charge is -2.12. The Labute approximate surface area is 227 Å². The second kappa shape index (κ2) is 12.3. The molecular weight excluding hydrogens is 533 g/mol. The van der Waals surface area contributed by atoms with Gasteiger partial charge in [0.1, 0.15) is 10.8 Å². The van der Waals surface area contributed by atoms with Gasteiger partial charge in [-0.3, -0.25) is 9.78 Å². The number of nitrogens with one attached hydrogen (secondary N) is 1. The highest BCUT2D eigenvalue weighted by Crippen LogP contribution is 2.33. The summed E-state index contributed by atoms with van der Waals surface area (Å²) in [5.74, 6) is -1.41. The Balaban J connectivity index is 1.94. The summed E-state index contributed by atoms with van der Waals surface area (Å²) in [5, 5.41) is 9.00. The van der Waals surface area contributed by atoms with Crippen molar-refractivity contribution in [2.24, 2.45) is 10.1 Å². The third-order valence-corrected chi connectivity index (χ3v) is 6.56. The van der Waals surface area contributed by atoms with Crippen molar-refractivity contribution in [3.63, 3.8) is 0 Å². The molecule has 0 atom stereocenters. The van der Waals surface area contributed by atoms with E-state index in [1.54, 1.807) is 29.8 Å². The molecule has 1 aromatic carbocycles. The van der Waals surface area contributed by atoms with Crippen LogP contribution in [0.15, 0.2) is 46.5 Å². The third kappa shape index (κ3) is 8.31. The van der Waals surface area contributed by atoms with E-state index in [1.807, 2.05) is 27.7 Å². The van der Waals surface area contributed by atoms with Gasteiger partial charge in [-0.05, 0) is 43.7 Å². The van der Waals surface area contributed by atoms with Gasteiger partial charge in [-0.15, -0.1) is 0 Å². The number of hydrogen-bond acceptors (Lipinski definition) is 7. The lowest BCUT2D eigenvalue weighted by molar-refractivity contribution is -0.137. The van der Waals surface area contributed by atoms with Gasteiger partial charge in [0.15, 0.2) is 0 Å². The lowest BCUT2D eigenvalue weighted by Crippen LogP contribution is -2.23. The van der Waals surface area contributed by atoms with Crippen LogP contribution in [0.1, 0.15) is 72.9 Å². The number of alkyl halides is 3. The van der Waals surface area contributed by atoms with Gasteiger partial charge in [0, 0.05) is 17.7 Å². The Morgan fingerprint density at radius 1 is 1.18 bits per heavy atom. The quantitative estimate of drug-likeness (QED) is 0.297. The molecule has 0 bridgehead atoms. The topological polar surface area (TPSA) is 111 Å². The summed E-state index contributed by atoms with van der Waals surface area (Å²) in [6, 6.07) is 7.42. The predicted octanol–water partition coefficient (Wildman–Crippen LogP) is 5.63. The van der Waals surface area contributed by atoms with Crippen molar-refractivity contribution in [2.45, 2.75) is 65.6 Å². The third-order valence-electron chi connectivity index (χ3n) is 5.19. The van der Waals surface area contributed by atoms with Crippen molar-refractivity contribution in [1.82, 2.24) is 20.2 Å². The zero-order chi connectivity index (χ0) is 28.8. The minimum atomic E-state index is -4.73. The molecule has 0 radical (unpaired) electrons. The van der Waals surface area contributed by atoms with Gasteiger partial charge in [0.25, 0.3) is 5.91 Å². The van der Waals surface area contributed by atoms with Crippen LogP contribution in [0.2, 0.25) is 0 Å². The molecule has 0 unspecified atom stereocenters. The number of ether oxygens (including phenoxy) is 1. The number of carbonyl (C=O) groups excluding carboxylic acids is 2. The fourth-order valence-corrected chi connectivity index (χ4v) is 4.15. The molecule has 0 saturated heterocycles. The Morgan fingerprint density at radius 3 is 2.56 bits per heavy atom. The van der Waals surface area contributed by atoms with E-state index >= 15 is 0 Å². The van der Waals surface area contributed by atoms with Crippen molar-refractivity contribution < 1.29 is 27.5 Å². The first-order chi connectivity index (χ1) is 18.3. The van der Waals surface area contributed by atoms with E-state index < -0.39 is 35.1 Å². The van der Waals surface area contributed by atoms with Crippen molar-refractivity contribution in [1.29, 1.82) is 0 Å². The number of hydrogen-bond donors (Lipinski definition) is 1. The molecule has 0 fully saturated rings. The van der Waals surface area contributed by atoms with Gasteiger partial charge in [-0.1, -0.05) is 51.5 Å². The fourth-order valence-electron chi connectivity index (χ4n) is 3.17. The fraction of sp³-hybridized carbons (Fsp3) is 0.385. The molecule has 0 aliphatic heterocycles. The first-order valence-corrected chi connectivity index (χ1v) is 12.9. The van der Waals surface area contributed by atoms with Crippen LogP contribution in [-0.4, -0.2) is 33.0 Å². The number of pyridine rings is 1. The monoisotopic (exact) mass is 562 g/mol. The summed E-state index contributed by atoms with van der Waals surface area (Å²) in [6.07, 6.45) is -2.93. The van der Waals surface area contributed by atoms with Crippen molar-refractivity contribution >= 4 is 29.6 Å². The average Bonchev–Trinajstić information content (AvgIpc) is 3.25. The first-order valence-electron chi connectivity index (χ1n) is 12.1. The Morgan fingerprint density at radius 2 is 1.92 bits per heavy atom. The zero-order valence-corrected chi connectivity index (χ0v) is 23.0. The first kappa shape index (κ1) is 29.7. The normalized spacial score (nSPS) is 12.7. The second-order valence-electron chi connectivity index (χ2n) is 9.61. The predicted molar refractivity (Wildman–Crippen MR) is 141 cm³/mol. The number of benzene rings is 1. The Bertz CT molecular complexity index is 1440. The summed E-state index contributed by atoms with van der Waals surface area (Å²) < 4.78 is 47.1. The molecule has 39 heavy (non-hydrogen) atoms. The largest absolute Gasteiger partial charge is 0.433 e. The minimum absolute atomic E-state index is 0.237. The molecular formula is C26H29F3N6O3S. The maximum absolute atomic E-state index is 13.4. The number of nitrogens with zero attached hydrogens (tertiary/aromatic N) is 5. The van der Waals surface area contributed by atoms with E-state index in [4.69, 9.17) is 4.74 Å². The van der Waals surface area contributed by atoms with Crippen LogP contribution >= 0.6 is 11.3 Å². The number of hydrazone groups is 1. The van der Waals surface area contributed by atoms with Gasteiger partial charge in [0.05, 0.1) is 23.0 Å². The molecule has 2 heterocycles. The molecule has 1 N–H and O–H groups in total. The number of halogens is 3.